The Bertz CT molecular complexity index is 1210. The van der Waals surface area contributed by atoms with Crippen LogP contribution in [0.2, 0.25) is 5.02 Å². The average molecular weight is 519 g/mol. The number of fused-ring (bicyclic) bond motifs is 2. The molecule has 0 N–H and O–H groups in total. The van der Waals surface area contributed by atoms with E-state index in [-0.39, 0.29) is 5.60 Å². The van der Waals surface area contributed by atoms with Crippen LogP contribution < -0.4 is 0 Å². The largest absolute Gasteiger partial charge is 0.365 e. The van der Waals surface area contributed by atoms with Crippen molar-refractivity contribution in [2.24, 2.45) is 0 Å². The lowest BCUT2D eigenvalue weighted by Crippen LogP contribution is -2.43. The standard InChI is InChI=1S/C31H35ClN2OS/c1-23-12-13-25(20-29(23)32)26(21-33(2)30(36)24-8-4-3-5-9-24)14-17-34-18-15-31(16-19-34)28-11-7-6-10-27(28)22-35-31/h3-13,20,26H,14-19,21-22H2,1-2H3. The predicted octanol–water partition coefficient (Wildman–Crippen LogP) is 6.95. The fourth-order valence-electron chi connectivity index (χ4n) is 5.72. The van der Waals surface area contributed by atoms with E-state index in [1.54, 1.807) is 0 Å². The molecule has 5 heteroatoms. The Kier molecular flexibility index (Phi) is 7.78. The molecule has 0 aliphatic carbocycles. The first-order valence-electron chi connectivity index (χ1n) is 13.0. The van der Waals surface area contributed by atoms with Gasteiger partial charge in [0.05, 0.1) is 12.2 Å². The van der Waals surface area contributed by atoms with Gasteiger partial charge in [-0.3, -0.25) is 0 Å². The van der Waals surface area contributed by atoms with Crippen molar-refractivity contribution in [1.82, 2.24) is 9.80 Å². The molecule has 2 aliphatic rings. The van der Waals surface area contributed by atoms with Gasteiger partial charge in [0.1, 0.15) is 4.99 Å². The molecule has 2 heterocycles. The van der Waals surface area contributed by atoms with Crippen molar-refractivity contribution < 1.29 is 4.74 Å². The fourth-order valence-corrected chi connectivity index (χ4v) is 6.11. The van der Waals surface area contributed by atoms with Crippen LogP contribution in [0.4, 0.5) is 0 Å². The van der Waals surface area contributed by atoms with Gasteiger partial charge in [0, 0.05) is 43.2 Å². The second kappa shape index (κ2) is 11.0. The molecule has 1 unspecified atom stereocenters. The number of hydrogen-bond donors (Lipinski definition) is 0. The van der Waals surface area contributed by atoms with Gasteiger partial charge >= 0.3 is 0 Å². The van der Waals surface area contributed by atoms with Gasteiger partial charge in [0.2, 0.25) is 0 Å². The maximum atomic E-state index is 6.55. The van der Waals surface area contributed by atoms with Crippen LogP contribution in [0.5, 0.6) is 0 Å². The number of hydrogen-bond acceptors (Lipinski definition) is 3. The predicted molar refractivity (Wildman–Crippen MR) is 153 cm³/mol. The van der Waals surface area contributed by atoms with Crippen molar-refractivity contribution in [2.75, 3.05) is 33.2 Å². The molecule has 3 nitrogen and oxygen atoms in total. The molecule has 36 heavy (non-hydrogen) atoms. The van der Waals surface area contributed by atoms with Crippen LogP contribution in [0.15, 0.2) is 72.8 Å². The number of thiocarbonyl (C=S) groups is 1. The van der Waals surface area contributed by atoms with E-state index in [9.17, 15) is 0 Å². The first-order valence-corrected chi connectivity index (χ1v) is 13.7. The molecule has 1 atom stereocenters. The minimum absolute atomic E-state index is 0.0843. The lowest BCUT2D eigenvalue weighted by Gasteiger charge is -2.40. The van der Waals surface area contributed by atoms with Gasteiger partial charge < -0.3 is 14.5 Å². The summed E-state index contributed by atoms with van der Waals surface area (Å²) in [5.41, 5.74) is 6.18. The molecule has 188 valence electrons. The molecule has 3 aromatic carbocycles. The second-order valence-electron chi connectivity index (χ2n) is 10.3. The van der Waals surface area contributed by atoms with Crippen LogP contribution in [-0.4, -0.2) is 48.0 Å². The lowest BCUT2D eigenvalue weighted by atomic mass is 9.83. The van der Waals surface area contributed by atoms with E-state index < -0.39 is 0 Å². The molecule has 0 aromatic heterocycles. The smallest absolute Gasteiger partial charge is 0.108 e. The van der Waals surface area contributed by atoms with Crippen molar-refractivity contribution in [3.63, 3.8) is 0 Å². The van der Waals surface area contributed by atoms with Gasteiger partial charge in [-0.1, -0.05) is 90.5 Å². The summed E-state index contributed by atoms with van der Waals surface area (Å²) in [6.07, 6.45) is 3.18. The summed E-state index contributed by atoms with van der Waals surface area (Å²) >= 11 is 12.4. The number of rotatable bonds is 7. The highest BCUT2D eigenvalue weighted by atomic mass is 35.5. The van der Waals surface area contributed by atoms with Gasteiger partial charge in [0.15, 0.2) is 0 Å². The zero-order chi connectivity index (χ0) is 25.1. The van der Waals surface area contributed by atoms with Crippen molar-refractivity contribution in [3.05, 3.63) is 106 Å². The van der Waals surface area contributed by atoms with Crippen molar-refractivity contribution >= 4 is 28.8 Å². The topological polar surface area (TPSA) is 15.7 Å². The number of likely N-dealkylation sites (N-methyl/N-ethyl adjacent to an activating group) is 1. The number of halogens is 1. The Morgan fingerprint density at radius 1 is 1.06 bits per heavy atom. The van der Waals surface area contributed by atoms with E-state index in [0.717, 1.165) is 73.2 Å². The normalized spacial score (nSPS) is 17.6. The average Bonchev–Trinajstić information content (AvgIpc) is 3.27. The molecule has 0 amide bonds. The van der Waals surface area contributed by atoms with E-state index in [1.807, 2.05) is 18.2 Å². The first kappa shape index (κ1) is 25.4. The zero-order valence-electron chi connectivity index (χ0n) is 21.3. The summed E-state index contributed by atoms with van der Waals surface area (Å²) in [5, 5.41) is 0.836. The van der Waals surface area contributed by atoms with Crippen LogP contribution in [0.1, 0.15) is 53.0 Å². The number of aryl methyl sites for hydroxylation is 1. The van der Waals surface area contributed by atoms with Crippen LogP contribution in [-0.2, 0) is 16.9 Å². The third kappa shape index (κ3) is 5.38. The highest BCUT2D eigenvalue weighted by molar-refractivity contribution is 7.80. The maximum Gasteiger partial charge on any atom is 0.108 e. The summed E-state index contributed by atoms with van der Waals surface area (Å²) in [6.45, 7) is 6.85. The van der Waals surface area contributed by atoms with E-state index in [4.69, 9.17) is 28.6 Å². The van der Waals surface area contributed by atoms with Crippen molar-refractivity contribution in [3.8, 4) is 0 Å². The zero-order valence-corrected chi connectivity index (χ0v) is 22.8. The summed E-state index contributed by atoms with van der Waals surface area (Å²) in [4.78, 5) is 5.71. The van der Waals surface area contributed by atoms with Gasteiger partial charge in [-0.05, 0) is 61.1 Å². The molecule has 0 radical (unpaired) electrons. The lowest BCUT2D eigenvalue weighted by molar-refractivity contribution is -0.0789. The SMILES string of the molecule is Cc1ccc(C(CCN2CCC3(CC2)OCc2ccccc23)CN(C)C(=S)c2ccccc2)cc1Cl. The molecular weight excluding hydrogens is 484 g/mol. The minimum atomic E-state index is -0.0843. The van der Waals surface area contributed by atoms with E-state index in [1.165, 1.54) is 16.7 Å². The molecule has 1 spiro atoms. The van der Waals surface area contributed by atoms with Gasteiger partial charge in [-0.25, -0.2) is 0 Å². The Balaban J connectivity index is 1.25. The van der Waals surface area contributed by atoms with Crippen LogP contribution >= 0.6 is 23.8 Å². The Morgan fingerprint density at radius 2 is 1.78 bits per heavy atom. The van der Waals surface area contributed by atoms with Gasteiger partial charge in [-0.2, -0.15) is 0 Å². The van der Waals surface area contributed by atoms with E-state index in [0.29, 0.717) is 5.92 Å². The molecule has 0 saturated carbocycles. The van der Waals surface area contributed by atoms with Crippen molar-refractivity contribution in [2.45, 2.75) is 44.3 Å². The van der Waals surface area contributed by atoms with Crippen LogP contribution in [0.3, 0.4) is 0 Å². The van der Waals surface area contributed by atoms with Gasteiger partial charge in [0.25, 0.3) is 0 Å². The number of benzene rings is 3. The minimum Gasteiger partial charge on any atom is -0.365 e. The molecule has 3 aromatic rings. The fraction of sp³-hybridized carbons (Fsp3) is 0.387. The van der Waals surface area contributed by atoms with E-state index in [2.05, 4.69) is 78.4 Å². The third-order valence-corrected chi connectivity index (χ3v) is 8.95. The summed E-state index contributed by atoms with van der Waals surface area (Å²) < 4.78 is 6.38. The number of nitrogens with zero attached hydrogens (tertiary/aromatic N) is 2. The molecule has 5 rings (SSSR count). The Labute approximate surface area is 226 Å². The van der Waals surface area contributed by atoms with E-state index >= 15 is 0 Å². The summed E-state index contributed by atoms with van der Waals surface area (Å²) in [5.74, 6) is 0.342. The second-order valence-corrected chi connectivity index (χ2v) is 11.1. The molecule has 1 saturated heterocycles. The third-order valence-electron chi connectivity index (χ3n) is 8.00. The van der Waals surface area contributed by atoms with Crippen LogP contribution in [0.25, 0.3) is 0 Å². The molecule has 0 bridgehead atoms. The summed E-state index contributed by atoms with van der Waals surface area (Å²) in [7, 11) is 2.11. The van der Waals surface area contributed by atoms with Gasteiger partial charge in [-0.15, -0.1) is 0 Å². The molecule has 1 fully saturated rings. The quantitative estimate of drug-likeness (QED) is 0.314. The summed E-state index contributed by atoms with van der Waals surface area (Å²) in [6, 6.07) is 25.6. The highest BCUT2D eigenvalue weighted by Gasteiger charge is 2.42. The molecule has 2 aliphatic heterocycles. The maximum absolute atomic E-state index is 6.55. The number of ether oxygens (including phenoxy) is 1. The van der Waals surface area contributed by atoms with Crippen LogP contribution in [0, 0.1) is 6.92 Å². The monoisotopic (exact) mass is 518 g/mol. The Hall–Kier alpha value is -2.24. The van der Waals surface area contributed by atoms with Crippen molar-refractivity contribution in [1.29, 1.82) is 0 Å². The highest BCUT2D eigenvalue weighted by Crippen LogP contribution is 2.44. The Morgan fingerprint density at radius 3 is 2.53 bits per heavy atom. The number of likely N-dealkylation sites (tertiary alicyclic amines) is 1. The first-order chi connectivity index (χ1) is 17.4. The number of piperidine rings is 1. The molecular formula is C31H35ClN2OS.